The molecule has 24 heavy (non-hydrogen) atoms. The highest BCUT2D eigenvalue weighted by Crippen LogP contribution is 2.30. The Morgan fingerprint density at radius 3 is 2.83 bits per heavy atom. The number of aromatic nitrogens is 1. The van der Waals surface area contributed by atoms with E-state index in [-0.39, 0.29) is 6.10 Å². The van der Waals surface area contributed by atoms with E-state index in [2.05, 4.69) is 39.6 Å². The Morgan fingerprint density at radius 1 is 1.17 bits per heavy atom. The first-order valence-electron chi connectivity index (χ1n) is 9.03. The van der Waals surface area contributed by atoms with Crippen molar-refractivity contribution >= 4 is 11.4 Å². The molecule has 4 rings (SSSR count). The summed E-state index contributed by atoms with van der Waals surface area (Å²) in [5.74, 6) is 1.08. The van der Waals surface area contributed by atoms with Crippen LogP contribution in [0.3, 0.4) is 0 Å². The fraction of sp³-hybridized carbons (Fsp3) is 0.526. The van der Waals surface area contributed by atoms with Crippen LogP contribution in [0.25, 0.3) is 0 Å². The number of fused-ring (bicyclic) bond motifs is 1. The molecule has 128 valence electrons. The molecular formula is C19H25N3O2. The molecule has 2 aromatic rings. The summed E-state index contributed by atoms with van der Waals surface area (Å²) in [6.07, 6.45) is 6.07. The third-order valence-electron chi connectivity index (χ3n) is 5.19. The van der Waals surface area contributed by atoms with Gasteiger partial charge in [-0.05, 0) is 44.2 Å². The summed E-state index contributed by atoms with van der Waals surface area (Å²) < 4.78 is 5.51. The molecule has 0 bridgehead atoms. The molecule has 5 nitrogen and oxygen atoms in total. The van der Waals surface area contributed by atoms with E-state index in [0.717, 1.165) is 55.9 Å². The number of aliphatic hydroxyl groups excluding tert-OH is 1. The van der Waals surface area contributed by atoms with Gasteiger partial charge in [-0.25, -0.2) is 0 Å². The fourth-order valence-electron chi connectivity index (χ4n) is 3.77. The largest absolute Gasteiger partial charge is 0.393 e. The van der Waals surface area contributed by atoms with Gasteiger partial charge in [0.15, 0.2) is 0 Å². The second-order valence-corrected chi connectivity index (χ2v) is 6.83. The first-order chi connectivity index (χ1) is 11.8. The predicted molar refractivity (Wildman–Crippen MR) is 94.4 cm³/mol. The SMILES string of the molecule is OC1CCN(c2ccccc2NCc2noc3c2CCCC3)CC1. The zero-order chi connectivity index (χ0) is 16.4. The lowest BCUT2D eigenvalue weighted by Crippen LogP contribution is -2.36. The van der Waals surface area contributed by atoms with Gasteiger partial charge in [0.05, 0.1) is 24.0 Å². The van der Waals surface area contributed by atoms with Gasteiger partial charge in [0.25, 0.3) is 0 Å². The number of piperidine rings is 1. The van der Waals surface area contributed by atoms with Gasteiger partial charge in [-0.15, -0.1) is 0 Å². The van der Waals surface area contributed by atoms with Crippen molar-refractivity contribution in [3.63, 3.8) is 0 Å². The Bertz CT molecular complexity index is 690. The maximum absolute atomic E-state index is 9.72. The highest BCUT2D eigenvalue weighted by atomic mass is 16.5. The van der Waals surface area contributed by atoms with Crippen LogP contribution in [0.4, 0.5) is 11.4 Å². The van der Waals surface area contributed by atoms with Crippen LogP contribution in [0, 0.1) is 0 Å². The van der Waals surface area contributed by atoms with E-state index in [1.54, 1.807) is 0 Å². The smallest absolute Gasteiger partial charge is 0.140 e. The summed E-state index contributed by atoms with van der Waals surface area (Å²) in [6, 6.07) is 8.40. The van der Waals surface area contributed by atoms with Gasteiger partial charge in [-0.1, -0.05) is 17.3 Å². The third kappa shape index (κ3) is 3.13. The van der Waals surface area contributed by atoms with Gasteiger partial charge in [0, 0.05) is 25.1 Å². The first-order valence-corrected chi connectivity index (χ1v) is 9.03. The van der Waals surface area contributed by atoms with Crippen molar-refractivity contribution in [1.82, 2.24) is 5.16 Å². The minimum absolute atomic E-state index is 0.150. The third-order valence-corrected chi connectivity index (χ3v) is 5.19. The Hall–Kier alpha value is -2.01. The number of anilines is 2. The number of rotatable bonds is 4. The van der Waals surface area contributed by atoms with E-state index in [4.69, 9.17) is 4.52 Å². The number of aryl methyl sites for hydroxylation is 1. The van der Waals surface area contributed by atoms with E-state index < -0.39 is 0 Å². The lowest BCUT2D eigenvalue weighted by molar-refractivity contribution is 0.145. The normalized spacial score (nSPS) is 18.5. The van der Waals surface area contributed by atoms with Crippen LogP contribution in [0.2, 0.25) is 0 Å². The first kappa shape index (κ1) is 15.5. The molecule has 0 saturated carbocycles. The molecule has 1 aromatic heterocycles. The lowest BCUT2D eigenvalue weighted by Gasteiger charge is -2.33. The summed E-state index contributed by atoms with van der Waals surface area (Å²) in [5.41, 5.74) is 4.70. The van der Waals surface area contributed by atoms with Crippen LogP contribution in [-0.4, -0.2) is 29.5 Å². The van der Waals surface area contributed by atoms with Crippen molar-refractivity contribution in [2.75, 3.05) is 23.3 Å². The van der Waals surface area contributed by atoms with Gasteiger partial charge >= 0.3 is 0 Å². The zero-order valence-electron chi connectivity index (χ0n) is 14.0. The quantitative estimate of drug-likeness (QED) is 0.903. The second kappa shape index (κ2) is 6.85. The van der Waals surface area contributed by atoms with Crippen LogP contribution in [0.15, 0.2) is 28.8 Å². The molecule has 2 heterocycles. The van der Waals surface area contributed by atoms with E-state index >= 15 is 0 Å². The highest BCUT2D eigenvalue weighted by Gasteiger charge is 2.21. The van der Waals surface area contributed by atoms with Crippen LogP contribution in [0.5, 0.6) is 0 Å². The van der Waals surface area contributed by atoms with Crippen LogP contribution in [0.1, 0.15) is 42.7 Å². The molecule has 2 N–H and O–H groups in total. The van der Waals surface area contributed by atoms with E-state index in [0.29, 0.717) is 6.54 Å². The maximum Gasteiger partial charge on any atom is 0.140 e. The van der Waals surface area contributed by atoms with Gasteiger partial charge in [-0.2, -0.15) is 0 Å². The van der Waals surface area contributed by atoms with Crippen molar-refractivity contribution in [1.29, 1.82) is 0 Å². The van der Waals surface area contributed by atoms with Crippen molar-refractivity contribution in [2.45, 2.75) is 51.2 Å². The van der Waals surface area contributed by atoms with Crippen molar-refractivity contribution in [3.8, 4) is 0 Å². The molecule has 1 fully saturated rings. The highest BCUT2D eigenvalue weighted by molar-refractivity contribution is 5.70. The Kier molecular flexibility index (Phi) is 4.43. The Balaban J connectivity index is 1.48. The maximum atomic E-state index is 9.72. The topological polar surface area (TPSA) is 61.5 Å². The molecule has 1 aliphatic carbocycles. The predicted octanol–water partition coefficient (Wildman–Crippen LogP) is 3.13. The Labute approximate surface area is 142 Å². The number of nitrogens with one attached hydrogen (secondary N) is 1. The average molecular weight is 327 g/mol. The van der Waals surface area contributed by atoms with Crippen molar-refractivity contribution in [3.05, 3.63) is 41.3 Å². The molecule has 0 unspecified atom stereocenters. The molecule has 1 aromatic carbocycles. The monoisotopic (exact) mass is 327 g/mol. The van der Waals surface area contributed by atoms with Crippen molar-refractivity contribution < 1.29 is 9.63 Å². The summed E-state index contributed by atoms with van der Waals surface area (Å²) >= 11 is 0. The fourth-order valence-corrected chi connectivity index (χ4v) is 3.77. The number of hydrogen-bond acceptors (Lipinski definition) is 5. The standard InChI is InChI=1S/C19H25N3O2/c23-14-9-11-22(12-10-14)18-7-3-2-6-16(18)20-13-17-15-5-1-4-8-19(15)24-21-17/h2-3,6-7,14,20,23H,1,4-5,8-13H2. The number of aliphatic hydroxyl groups is 1. The van der Waals surface area contributed by atoms with Crippen LogP contribution < -0.4 is 10.2 Å². The zero-order valence-corrected chi connectivity index (χ0v) is 14.0. The van der Waals surface area contributed by atoms with Gasteiger partial charge < -0.3 is 19.8 Å². The van der Waals surface area contributed by atoms with E-state index in [1.807, 2.05) is 0 Å². The molecule has 5 heteroatoms. The van der Waals surface area contributed by atoms with E-state index in [1.165, 1.54) is 24.1 Å². The lowest BCUT2D eigenvalue weighted by atomic mass is 9.96. The molecule has 0 spiro atoms. The molecule has 1 aliphatic heterocycles. The summed E-state index contributed by atoms with van der Waals surface area (Å²) in [5, 5.41) is 17.6. The summed E-state index contributed by atoms with van der Waals surface area (Å²) in [6.45, 7) is 2.50. The van der Waals surface area contributed by atoms with Gasteiger partial charge in [0.2, 0.25) is 0 Å². The number of benzene rings is 1. The number of nitrogens with zero attached hydrogens (tertiary/aromatic N) is 2. The molecule has 0 radical (unpaired) electrons. The molecule has 2 aliphatic rings. The number of para-hydroxylation sites is 2. The molecule has 0 atom stereocenters. The van der Waals surface area contributed by atoms with Gasteiger partial charge in [-0.3, -0.25) is 0 Å². The number of hydrogen-bond donors (Lipinski definition) is 2. The molecule has 1 saturated heterocycles. The van der Waals surface area contributed by atoms with Crippen LogP contribution >= 0.6 is 0 Å². The van der Waals surface area contributed by atoms with Crippen molar-refractivity contribution in [2.24, 2.45) is 0 Å². The van der Waals surface area contributed by atoms with Gasteiger partial charge in [0.1, 0.15) is 11.5 Å². The minimum atomic E-state index is -0.150. The minimum Gasteiger partial charge on any atom is -0.393 e. The Morgan fingerprint density at radius 2 is 1.96 bits per heavy atom. The summed E-state index contributed by atoms with van der Waals surface area (Å²) in [4.78, 5) is 2.35. The second-order valence-electron chi connectivity index (χ2n) is 6.83. The van der Waals surface area contributed by atoms with E-state index in [9.17, 15) is 5.11 Å². The van der Waals surface area contributed by atoms with Crippen LogP contribution in [-0.2, 0) is 19.4 Å². The molecular weight excluding hydrogens is 302 g/mol. The summed E-state index contributed by atoms with van der Waals surface area (Å²) in [7, 11) is 0. The average Bonchev–Trinajstić information content (AvgIpc) is 3.04. The molecule has 0 amide bonds.